The Morgan fingerprint density at radius 2 is 2.13 bits per heavy atom. The van der Waals surface area contributed by atoms with Gasteiger partial charge in [0.1, 0.15) is 6.10 Å². The van der Waals surface area contributed by atoms with E-state index in [1.807, 2.05) is 6.92 Å². The van der Waals surface area contributed by atoms with Gasteiger partial charge in [0, 0.05) is 6.61 Å². The third kappa shape index (κ3) is 6.13. The molecule has 1 aliphatic heterocycles. The number of rotatable bonds is 8. The molecule has 90 valence electrons. The van der Waals surface area contributed by atoms with Gasteiger partial charge < -0.3 is 14.2 Å². The largest absolute Gasteiger partial charge is 0.376 e. The van der Waals surface area contributed by atoms with Crippen molar-refractivity contribution in [3.8, 4) is 0 Å². The van der Waals surface area contributed by atoms with Crippen LogP contribution in [0.5, 0.6) is 0 Å². The predicted octanol–water partition coefficient (Wildman–Crippen LogP) is 2.39. The quantitative estimate of drug-likeness (QED) is 0.584. The zero-order chi connectivity index (χ0) is 11.3. The van der Waals surface area contributed by atoms with Gasteiger partial charge in [-0.1, -0.05) is 0 Å². The van der Waals surface area contributed by atoms with Crippen LogP contribution in [-0.4, -0.2) is 37.6 Å². The maximum atomic E-state index is 5.66. The van der Waals surface area contributed by atoms with Gasteiger partial charge in [-0.3, -0.25) is 0 Å². The molecule has 1 fully saturated rings. The second kappa shape index (κ2) is 5.83. The van der Waals surface area contributed by atoms with E-state index in [-0.39, 0.29) is 5.60 Å². The summed E-state index contributed by atoms with van der Waals surface area (Å²) in [5.41, 5.74) is -0.0253. The molecule has 2 atom stereocenters. The van der Waals surface area contributed by atoms with E-state index in [1.165, 1.54) is 0 Å². The summed E-state index contributed by atoms with van der Waals surface area (Å²) >= 11 is 0. The first-order chi connectivity index (χ1) is 7.03. The summed E-state index contributed by atoms with van der Waals surface area (Å²) in [5, 5.41) is 0. The van der Waals surface area contributed by atoms with Crippen molar-refractivity contribution in [3.63, 3.8) is 0 Å². The summed E-state index contributed by atoms with van der Waals surface area (Å²) in [4.78, 5) is 0. The van der Waals surface area contributed by atoms with Gasteiger partial charge in [0.15, 0.2) is 0 Å². The van der Waals surface area contributed by atoms with Crippen LogP contribution in [0, 0.1) is 0 Å². The minimum Gasteiger partial charge on any atom is -0.376 e. The smallest absolute Gasteiger partial charge is 0.104 e. The molecule has 0 aromatic carbocycles. The van der Waals surface area contributed by atoms with Crippen molar-refractivity contribution in [1.82, 2.24) is 0 Å². The second-order valence-corrected chi connectivity index (χ2v) is 4.83. The summed E-state index contributed by atoms with van der Waals surface area (Å²) in [7, 11) is 0. The highest BCUT2D eigenvalue weighted by Gasteiger charge is 2.24. The molecule has 1 saturated heterocycles. The van der Waals surface area contributed by atoms with Gasteiger partial charge in [-0.05, 0) is 40.5 Å². The minimum absolute atomic E-state index is 0.0253. The Morgan fingerprint density at radius 1 is 1.47 bits per heavy atom. The highest BCUT2D eigenvalue weighted by molar-refractivity contribution is 4.72. The van der Waals surface area contributed by atoms with Crippen molar-refractivity contribution < 1.29 is 14.2 Å². The highest BCUT2D eigenvalue weighted by atomic mass is 16.6. The number of hydrogen-bond acceptors (Lipinski definition) is 3. The molecule has 0 spiro atoms. The molecule has 2 unspecified atom stereocenters. The van der Waals surface area contributed by atoms with Crippen LogP contribution in [0.25, 0.3) is 0 Å². The Bertz CT molecular complexity index is 176. The normalized spacial score (nSPS) is 22.8. The second-order valence-electron chi connectivity index (χ2n) is 4.83. The fourth-order valence-corrected chi connectivity index (χ4v) is 1.53. The minimum atomic E-state index is -0.0253. The van der Waals surface area contributed by atoms with Crippen LogP contribution in [0.3, 0.4) is 0 Å². The molecular weight excluding hydrogens is 192 g/mol. The van der Waals surface area contributed by atoms with Crippen LogP contribution in [0.2, 0.25) is 0 Å². The van der Waals surface area contributed by atoms with Crippen LogP contribution in [0.4, 0.5) is 0 Å². The number of hydrogen-bond donors (Lipinski definition) is 0. The number of ether oxygens (including phenoxy) is 3. The molecule has 0 aliphatic carbocycles. The monoisotopic (exact) mass is 216 g/mol. The van der Waals surface area contributed by atoms with Crippen molar-refractivity contribution in [2.75, 3.05) is 19.8 Å². The molecule has 0 aromatic heterocycles. The molecule has 0 saturated carbocycles. The lowest BCUT2D eigenvalue weighted by Crippen LogP contribution is -2.26. The van der Waals surface area contributed by atoms with Crippen molar-refractivity contribution in [3.05, 3.63) is 0 Å². The number of epoxide rings is 1. The summed E-state index contributed by atoms with van der Waals surface area (Å²) in [6.07, 6.45) is 2.74. The Kier molecular flexibility index (Phi) is 5.03. The average Bonchev–Trinajstić information content (AvgIpc) is 2.95. The van der Waals surface area contributed by atoms with E-state index < -0.39 is 0 Å². The molecule has 0 amide bonds. The lowest BCUT2D eigenvalue weighted by molar-refractivity contribution is -0.0322. The molecule has 3 heteroatoms. The molecule has 3 nitrogen and oxygen atoms in total. The van der Waals surface area contributed by atoms with Crippen LogP contribution in [-0.2, 0) is 14.2 Å². The van der Waals surface area contributed by atoms with E-state index in [9.17, 15) is 0 Å². The predicted molar refractivity (Wildman–Crippen MR) is 60.1 cm³/mol. The van der Waals surface area contributed by atoms with E-state index in [4.69, 9.17) is 14.2 Å². The summed E-state index contributed by atoms with van der Waals surface area (Å²) in [6.45, 7) is 10.8. The molecule has 1 aliphatic rings. The van der Waals surface area contributed by atoms with Crippen molar-refractivity contribution in [1.29, 1.82) is 0 Å². The fourth-order valence-electron chi connectivity index (χ4n) is 1.53. The van der Waals surface area contributed by atoms with E-state index in [2.05, 4.69) is 20.8 Å². The summed E-state index contributed by atoms with van der Waals surface area (Å²) in [5.74, 6) is 0. The van der Waals surface area contributed by atoms with Crippen LogP contribution in [0.1, 0.15) is 40.5 Å². The molecule has 0 bridgehead atoms. The highest BCUT2D eigenvalue weighted by Crippen LogP contribution is 2.19. The van der Waals surface area contributed by atoms with Crippen LogP contribution in [0.15, 0.2) is 0 Å². The first-order valence-electron chi connectivity index (χ1n) is 5.90. The first kappa shape index (κ1) is 12.9. The van der Waals surface area contributed by atoms with Crippen LogP contribution >= 0.6 is 0 Å². The van der Waals surface area contributed by atoms with E-state index in [1.54, 1.807) is 0 Å². The third-order valence-electron chi connectivity index (χ3n) is 2.66. The Labute approximate surface area is 93.1 Å². The van der Waals surface area contributed by atoms with E-state index >= 15 is 0 Å². The lowest BCUT2D eigenvalue weighted by atomic mass is 10.0. The van der Waals surface area contributed by atoms with Gasteiger partial charge in [0.05, 0.1) is 24.9 Å². The zero-order valence-corrected chi connectivity index (χ0v) is 10.4. The standard InChI is InChI=1S/C12H24O3/c1-5-15-12(3,4)7-6-10(2)13-8-11-9-14-11/h10-11H,5-9H2,1-4H3. The third-order valence-corrected chi connectivity index (χ3v) is 2.66. The summed E-state index contributed by atoms with van der Waals surface area (Å²) in [6, 6.07) is 0. The van der Waals surface area contributed by atoms with Gasteiger partial charge in [-0.2, -0.15) is 0 Å². The van der Waals surface area contributed by atoms with Crippen molar-refractivity contribution >= 4 is 0 Å². The molecule has 1 rings (SSSR count). The Balaban J connectivity index is 2.05. The van der Waals surface area contributed by atoms with Crippen molar-refractivity contribution in [2.45, 2.75) is 58.3 Å². The maximum absolute atomic E-state index is 5.66. The van der Waals surface area contributed by atoms with E-state index in [0.717, 1.165) is 32.7 Å². The maximum Gasteiger partial charge on any atom is 0.104 e. The lowest BCUT2D eigenvalue weighted by Gasteiger charge is -2.26. The molecular formula is C12H24O3. The van der Waals surface area contributed by atoms with Gasteiger partial charge in [0.25, 0.3) is 0 Å². The summed E-state index contributed by atoms with van der Waals surface area (Å²) < 4.78 is 16.4. The average molecular weight is 216 g/mol. The van der Waals surface area contributed by atoms with Gasteiger partial charge in [-0.25, -0.2) is 0 Å². The molecule has 0 aromatic rings. The topological polar surface area (TPSA) is 31.0 Å². The molecule has 1 heterocycles. The van der Waals surface area contributed by atoms with Crippen molar-refractivity contribution in [2.24, 2.45) is 0 Å². The fraction of sp³-hybridized carbons (Fsp3) is 1.00. The van der Waals surface area contributed by atoms with Gasteiger partial charge in [0.2, 0.25) is 0 Å². The molecule has 0 N–H and O–H groups in total. The van der Waals surface area contributed by atoms with Crippen LogP contribution < -0.4 is 0 Å². The first-order valence-corrected chi connectivity index (χ1v) is 5.90. The zero-order valence-electron chi connectivity index (χ0n) is 10.4. The van der Waals surface area contributed by atoms with E-state index in [0.29, 0.717) is 12.2 Å². The SMILES string of the molecule is CCOC(C)(C)CCC(C)OCC1CO1. The Morgan fingerprint density at radius 3 is 2.67 bits per heavy atom. The van der Waals surface area contributed by atoms with Gasteiger partial charge in [-0.15, -0.1) is 0 Å². The Hall–Kier alpha value is -0.120. The van der Waals surface area contributed by atoms with Gasteiger partial charge >= 0.3 is 0 Å². The molecule has 0 radical (unpaired) electrons. The molecule has 15 heavy (non-hydrogen) atoms.